The van der Waals surface area contributed by atoms with Gasteiger partial charge in [0.15, 0.2) is 0 Å². The molecule has 26 heavy (non-hydrogen) atoms. The van der Waals surface area contributed by atoms with Crippen molar-refractivity contribution >= 4 is 15.9 Å². The van der Waals surface area contributed by atoms with Crippen LogP contribution in [0.5, 0.6) is 0 Å². The minimum atomic E-state index is -3.46. The highest BCUT2D eigenvalue weighted by Gasteiger charge is 2.34. The summed E-state index contributed by atoms with van der Waals surface area (Å²) in [6.07, 6.45) is 7.10. The van der Waals surface area contributed by atoms with Gasteiger partial charge in [-0.15, -0.1) is 0 Å². The van der Waals surface area contributed by atoms with E-state index in [1.807, 2.05) is 31.0 Å². The van der Waals surface area contributed by atoms with Gasteiger partial charge in [-0.1, -0.05) is 37.0 Å². The summed E-state index contributed by atoms with van der Waals surface area (Å²) in [4.78, 5) is 15.1. The van der Waals surface area contributed by atoms with Gasteiger partial charge in [0.25, 0.3) is 0 Å². The van der Waals surface area contributed by atoms with Crippen LogP contribution >= 0.6 is 0 Å². The molecule has 1 saturated heterocycles. The smallest absolute Gasteiger partial charge is 0.243 e. The molecule has 0 bridgehead atoms. The molecule has 6 heteroatoms. The minimum Gasteiger partial charge on any atom is -0.343 e. The Bertz CT molecular complexity index is 716. The fourth-order valence-corrected chi connectivity index (χ4v) is 5.61. The van der Waals surface area contributed by atoms with E-state index in [1.165, 1.54) is 23.6 Å². The Morgan fingerprint density at radius 1 is 1.00 bits per heavy atom. The number of carbonyl (C=O) groups excluding carboxylic acids is 1. The van der Waals surface area contributed by atoms with E-state index >= 15 is 0 Å². The number of sulfonamides is 1. The van der Waals surface area contributed by atoms with E-state index in [2.05, 4.69) is 0 Å². The lowest BCUT2D eigenvalue weighted by Crippen LogP contribution is -2.46. The number of nitrogens with zero attached hydrogens (tertiary/aromatic N) is 2. The molecule has 3 rings (SSSR count). The highest BCUT2D eigenvalue weighted by Crippen LogP contribution is 2.28. The van der Waals surface area contributed by atoms with Crippen molar-refractivity contribution in [3.63, 3.8) is 0 Å². The molecule has 1 amide bonds. The third-order valence-corrected chi connectivity index (χ3v) is 7.84. The maximum absolute atomic E-state index is 12.8. The molecule has 1 aromatic carbocycles. The first kappa shape index (κ1) is 19.4. The number of aryl methyl sites for hydroxylation is 1. The van der Waals surface area contributed by atoms with Gasteiger partial charge in [-0.25, -0.2) is 8.42 Å². The summed E-state index contributed by atoms with van der Waals surface area (Å²) in [7, 11) is -1.54. The minimum absolute atomic E-state index is 0.0496. The topological polar surface area (TPSA) is 57.7 Å². The van der Waals surface area contributed by atoms with Crippen molar-refractivity contribution in [3.05, 3.63) is 29.8 Å². The number of benzene rings is 1. The predicted octanol–water partition coefficient (Wildman–Crippen LogP) is 3.19. The van der Waals surface area contributed by atoms with Crippen molar-refractivity contribution in [2.24, 2.45) is 5.92 Å². The van der Waals surface area contributed by atoms with Crippen molar-refractivity contribution in [1.29, 1.82) is 0 Å². The summed E-state index contributed by atoms with van der Waals surface area (Å²) in [6, 6.07) is 7.34. The number of hydrogen-bond acceptors (Lipinski definition) is 3. The molecular weight excluding hydrogens is 348 g/mol. The zero-order valence-corrected chi connectivity index (χ0v) is 16.7. The molecule has 0 N–H and O–H groups in total. The van der Waals surface area contributed by atoms with E-state index in [-0.39, 0.29) is 11.8 Å². The summed E-state index contributed by atoms with van der Waals surface area (Å²) >= 11 is 0. The van der Waals surface area contributed by atoms with Crippen LogP contribution in [0, 0.1) is 12.8 Å². The number of amides is 1. The molecule has 1 aliphatic carbocycles. The molecule has 1 saturated carbocycles. The average Bonchev–Trinajstić information content (AvgIpc) is 2.68. The highest BCUT2D eigenvalue weighted by molar-refractivity contribution is 7.89. The fraction of sp³-hybridized carbons (Fsp3) is 0.650. The average molecular weight is 379 g/mol. The lowest BCUT2D eigenvalue weighted by atomic mass is 9.91. The van der Waals surface area contributed by atoms with Gasteiger partial charge in [0.2, 0.25) is 15.9 Å². The van der Waals surface area contributed by atoms with Crippen LogP contribution in [-0.4, -0.2) is 49.7 Å². The van der Waals surface area contributed by atoms with Crippen LogP contribution in [0.1, 0.15) is 50.5 Å². The summed E-state index contributed by atoms with van der Waals surface area (Å²) in [5.41, 5.74) is 1.04. The zero-order chi connectivity index (χ0) is 18.7. The quantitative estimate of drug-likeness (QED) is 0.808. The number of hydrogen-bond donors (Lipinski definition) is 0. The van der Waals surface area contributed by atoms with Crippen LogP contribution in [0.4, 0.5) is 0 Å². The van der Waals surface area contributed by atoms with Gasteiger partial charge in [0, 0.05) is 32.1 Å². The van der Waals surface area contributed by atoms with Crippen molar-refractivity contribution in [1.82, 2.24) is 9.21 Å². The lowest BCUT2D eigenvalue weighted by molar-refractivity contribution is -0.138. The van der Waals surface area contributed by atoms with E-state index in [0.29, 0.717) is 36.9 Å². The van der Waals surface area contributed by atoms with Gasteiger partial charge in [-0.2, -0.15) is 4.31 Å². The van der Waals surface area contributed by atoms with Crippen LogP contribution < -0.4 is 0 Å². The Hall–Kier alpha value is -1.40. The van der Waals surface area contributed by atoms with Gasteiger partial charge in [-0.05, 0) is 44.7 Å². The first-order chi connectivity index (χ1) is 12.4. The van der Waals surface area contributed by atoms with Crippen molar-refractivity contribution in [2.75, 3.05) is 20.1 Å². The standard InChI is InChI=1S/C20H30N2O3S/c1-16-8-10-19(11-9-16)26(24,25)22-14-12-17(13-15-22)20(23)21(2)18-6-4-3-5-7-18/h8-11,17-18H,3-7,12-15H2,1-2H3. The van der Waals surface area contributed by atoms with Crippen molar-refractivity contribution < 1.29 is 13.2 Å². The number of piperidine rings is 1. The molecular formula is C20H30N2O3S. The highest BCUT2D eigenvalue weighted by atomic mass is 32.2. The SMILES string of the molecule is Cc1ccc(S(=O)(=O)N2CCC(C(=O)N(C)C3CCCCC3)CC2)cc1. The number of rotatable bonds is 4. The van der Waals surface area contributed by atoms with Crippen molar-refractivity contribution in [2.45, 2.75) is 62.8 Å². The van der Waals surface area contributed by atoms with E-state index in [4.69, 9.17) is 0 Å². The van der Waals surface area contributed by atoms with E-state index in [9.17, 15) is 13.2 Å². The first-order valence-corrected chi connectivity index (χ1v) is 11.2. The second-order valence-electron chi connectivity index (χ2n) is 7.73. The Morgan fingerprint density at radius 2 is 1.58 bits per heavy atom. The van der Waals surface area contributed by atoms with Crippen LogP contribution in [0.2, 0.25) is 0 Å². The third-order valence-electron chi connectivity index (χ3n) is 5.93. The van der Waals surface area contributed by atoms with Gasteiger partial charge in [0.1, 0.15) is 0 Å². The van der Waals surface area contributed by atoms with Crippen LogP contribution in [0.25, 0.3) is 0 Å². The summed E-state index contributed by atoms with van der Waals surface area (Å²) in [5, 5.41) is 0. The molecule has 0 atom stereocenters. The van der Waals surface area contributed by atoms with Gasteiger partial charge >= 0.3 is 0 Å². The first-order valence-electron chi connectivity index (χ1n) is 9.73. The Kier molecular flexibility index (Phi) is 6.03. The molecule has 1 aliphatic heterocycles. The van der Waals surface area contributed by atoms with Crippen molar-refractivity contribution in [3.8, 4) is 0 Å². The molecule has 0 spiro atoms. The zero-order valence-electron chi connectivity index (χ0n) is 15.9. The largest absolute Gasteiger partial charge is 0.343 e. The Balaban J connectivity index is 1.59. The second-order valence-corrected chi connectivity index (χ2v) is 9.67. The Morgan fingerprint density at radius 3 is 2.15 bits per heavy atom. The van der Waals surface area contributed by atoms with E-state index in [1.54, 1.807) is 12.1 Å². The molecule has 0 aromatic heterocycles. The van der Waals surface area contributed by atoms with Gasteiger partial charge in [0.05, 0.1) is 4.90 Å². The predicted molar refractivity (Wildman–Crippen MR) is 102 cm³/mol. The maximum Gasteiger partial charge on any atom is 0.243 e. The maximum atomic E-state index is 12.8. The fourth-order valence-electron chi connectivity index (χ4n) is 4.14. The van der Waals surface area contributed by atoms with Crippen LogP contribution in [0.15, 0.2) is 29.2 Å². The van der Waals surface area contributed by atoms with Crippen LogP contribution in [0.3, 0.4) is 0 Å². The third kappa shape index (κ3) is 4.12. The van der Waals surface area contributed by atoms with Gasteiger partial charge in [-0.3, -0.25) is 4.79 Å². The lowest BCUT2D eigenvalue weighted by Gasteiger charge is -2.36. The normalized spacial score (nSPS) is 20.8. The molecule has 0 unspecified atom stereocenters. The molecule has 144 valence electrons. The molecule has 2 aliphatic rings. The summed E-state index contributed by atoms with van der Waals surface area (Å²) in [6.45, 7) is 2.78. The van der Waals surface area contributed by atoms with E-state index < -0.39 is 10.0 Å². The molecule has 0 radical (unpaired) electrons. The molecule has 5 nitrogen and oxygen atoms in total. The second kappa shape index (κ2) is 8.09. The van der Waals surface area contributed by atoms with Crippen LogP contribution in [-0.2, 0) is 14.8 Å². The molecule has 2 fully saturated rings. The molecule has 1 aromatic rings. The monoisotopic (exact) mass is 378 g/mol. The Labute approximate surface area is 157 Å². The summed E-state index contributed by atoms with van der Waals surface area (Å²) in [5.74, 6) is 0.149. The van der Waals surface area contributed by atoms with Gasteiger partial charge < -0.3 is 4.90 Å². The summed E-state index contributed by atoms with van der Waals surface area (Å²) < 4.78 is 27.1. The number of carbonyl (C=O) groups is 1. The molecule has 1 heterocycles. The van der Waals surface area contributed by atoms with E-state index in [0.717, 1.165) is 18.4 Å².